The Balaban J connectivity index is 1.27. The zero-order chi connectivity index (χ0) is 20.3. The standard InChI is InChI=1S/C25H26N2O3/c1-18-15-22(10-11-26-18)30-21-7-4-19(5-8-21)17-27-12-2-3-23(27)20-6-9-24-25(16-20)29-14-13-28-24/h4-11,15-16,23H,2-3,12-14,17H2,1H3/t23-/m0/s1. The first kappa shape index (κ1) is 18.9. The van der Waals surface area contributed by atoms with E-state index in [-0.39, 0.29) is 0 Å². The van der Waals surface area contributed by atoms with Crippen LogP contribution in [0.5, 0.6) is 23.0 Å². The Morgan fingerprint density at radius 1 is 0.967 bits per heavy atom. The van der Waals surface area contributed by atoms with Crippen LogP contribution < -0.4 is 14.2 Å². The summed E-state index contributed by atoms with van der Waals surface area (Å²) in [5, 5.41) is 0. The van der Waals surface area contributed by atoms with Gasteiger partial charge in [-0.05, 0) is 67.8 Å². The van der Waals surface area contributed by atoms with Crippen LogP contribution in [0.1, 0.15) is 35.7 Å². The summed E-state index contributed by atoms with van der Waals surface area (Å²) in [6.45, 7) is 5.24. The number of pyridine rings is 1. The lowest BCUT2D eigenvalue weighted by atomic mass is 10.0. The number of fused-ring (bicyclic) bond motifs is 1. The molecule has 0 saturated carbocycles. The van der Waals surface area contributed by atoms with Gasteiger partial charge in [0.15, 0.2) is 11.5 Å². The monoisotopic (exact) mass is 402 g/mol. The molecule has 0 radical (unpaired) electrons. The lowest BCUT2D eigenvalue weighted by Gasteiger charge is -2.26. The highest BCUT2D eigenvalue weighted by atomic mass is 16.6. The molecule has 1 fully saturated rings. The third-order valence-electron chi connectivity index (χ3n) is 5.73. The van der Waals surface area contributed by atoms with Gasteiger partial charge >= 0.3 is 0 Å². The van der Waals surface area contributed by atoms with Crippen LogP contribution in [0.25, 0.3) is 0 Å². The fraction of sp³-hybridized carbons (Fsp3) is 0.320. The van der Waals surface area contributed by atoms with Crippen LogP contribution in [-0.4, -0.2) is 29.6 Å². The van der Waals surface area contributed by atoms with Crippen molar-refractivity contribution in [1.29, 1.82) is 0 Å². The number of hydrogen-bond acceptors (Lipinski definition) is 5. The average molecular weight is 402 g/mol. The van der Waals surface area contributed by atoms with Crippen LogP contribution in [-0.2, 0) is 6.54 Å². The summed E-state index contributed by atoms with van der Waals surface area (Å²) >= 11 is 0. The van der Waals surface area contributed by atoms with E-state index in [9.17, 15) is 0 Å². The second-order valence-electron chi connectivity index (χ2n) is 7.91. The zero-order valence-electron chi connectivity index (χ0n) is 17.2. The summed E-state index contributed by atoms with van der Waals surface area (Å²) in [7, 11) is 0. The molecule has 2 aromatic carbocycles. The van der Waals surface area contributed by atoms with Crippen LogP contribution >= 0.6 is 0 Å². The van der Waals surface area contributed by atoms with Crippen molar-refractivity contribution in [2.24, 2.45) is 0 Å². The molecule has 5 nitrogen and oxygen atoms in total. The average Bonchev–Trinajstić information content (AvgIpc) is 3.23. The van der Waals surface area contributed by atoms with E-state index in [2.05, 4.69) is 34.1 Å². The minimum absolute atomic E-state index is 0.413. The van der Waals surface area contributed by atoms with Gasteiger partial charge in [-0.1, -0.05) is 18.2 Å². The molecule has 1 saturated heterocycles. The summed E-state index contributed by atoms with van der Waals surface area (Å²) in [5.74, 6) is 3.38. The number of hydrogen-bond donors (Lipinski definition) is 0. The van der Waals surface area contributed by atoms with E-state index in [0.717, 1.165) is 41.8 Å². The lowest BCUT2D eigenvalue weighted by molar-refractivity contribution is 0.170. The first-order chi connectivity index (χ1) is 14.7. The van der Waals surface area contributed by atoms with Gasteiger partial charge in [0.1, 0.15) is 24.7 Å². The Bertz CT molecular complexity index is 1020. The van der Waals surface area contributed by atoms with Crippen LogP contribution in [0.3, 0.4) is 0 Å². The molecule has 3 aromatic rings. The van der Waals surface area contributed by atoms with E-state index >= 15 is 0 Å². The van der Waals surface area contributed by atoms with Gasteiger partial charge in [-0.2, -0.15) is 0 Å². The molecule has 2 aliphatic rings. The highest BCUT2D eigenvalue weighted by Gasteiger charge is 2.27. The molecule has 2 aliphatic heterocycles. The van der Waals surface area contributed by atoms with Crippen molar-refractivity contribution in [2.75, 3.05) is 19.8 Å². The zero-order valence-corrected chi connectivity index (χ0v) is 17.2. The normalized spacial score (nSPS) is 18.4. The van der Waals surface area contributed by atoms with Crippen LogP contribution in [0.4, 0.5) is 0 Å². The maximum atomic E-state index is 5.95. The van der Waals surface area contributed by atoms with Gasteiger partial charge in [0, 0.05) is 30.5 Å². The number of ether oxygens (including phenoxy) is 3. The van der Waals surface area contributed by atoms with Gasteiger partial charge in [-0.3, -0.25) is 9.88 Å². The van der Waals surface area contributed by atoms with Crippen molar-refractivity contribution in [2.45, 2.75) is 32.4 Å². The molecule has 1 atom stereocenters. The van der Waals surface area contributed by atoms with Gasteiger partial charge in [-0.15, -0.1) is 0 Å². The lowest BCUT2D eigenvalue weighted by Crippen LogP contribution is -2.23. The van der Waals surface area contributed by atoms with Gasteiger partial charge in [0.05, 0.1) is 0 Å². The summed E-state index contributed by atoms with van der Waals surface area (Å²) in [6.07, 6.45) is 4.15. The number of nitrogens with zero attached hydrogens (tertiary/aromatic N) is 2. The van der Waals surface area contributed by atoms with Crippen molar-refractivity contribution >= 4 is 0 Å². The number of benzene rings is 2. The highest BCUT2D eigenvalue weighted by Crippen LogP contribution is 2.38. The Morgan fingerprint density at radius 3 is 2.63 bits per heavy atom. The maximum absolute atomic E-state index is 5.95. The smallest absolute Gasteiger partial charge is 0.161 e. The molecule has 154 valence electrons. The topological polar surface area (TPSA) is 43.8 Å². The first-order valence-electron chi connectivity index (χ1n) is 10.6. The third kappa shape index (κ3) is 4.12. The quantitative estimate of drug-likeness (QED) is 0.580. The molecule has 0 N–H and O–H groups in total. The van der Waals surface area contributed by atoms with Gasteiger partial charge in [0.25, 0.3) is 0 Å². The molecule has 0 spiro atoms. The molecule has 30 heavy (non-hydrogen) atoms. The van der Waals surface area contributed by atoms with Crippen LogP contribution in [0, 0.1) is 6.92 Å². The number of rotatable bonds is 5. The number of aryl methyl sites for hydroxylation is 1. The fourth-order valence-corrected chi connectivity index (χ4v) is 4.28. The maximum Gasteiger partial charge on any atom is 0.161 e. The molecular weight excluding hydrogens is 376 g/mol. The van der Waals surface area contributed by atoms with E-state index in [1.165, 1.54) is 24.0 Å². The van der Waals surface area contributed by atoms with Crippen molar-refractivity contribution in [3.05, 3.63) is 77.6 Å². The minimum atomic E-state index is 0.413. The SMILES string of the molecule is Cc1cc(Oc2ccc(CN3CCC[C@H]3c3ccc4c(c3)OCCO4)cc2)ccn1. The van der Waals surface area contributed by atoms with Crippen LogP contribution in [0.2, 0.25) is 0 Å². The van der Waals surface area contributed by atoms with E-state index < -0.39 is 0 Å². The van der Waals surface area contributed by atoms with E-state index in [1.807, 2.05) is 37.3 Å². The Morgan fingerprint density at radius 2 is 1.80 bits per heavy atom. The molecule has 3 heterocycles. The van der Waals surface area contributed by atoms with E-state index in [0.29, 0.717) is 19.3 Å². The van der Waals surface area contributed by atoms with Crippen molar-refractivity contribution < 1.29 is 14.2 Å². The molecule has 5 rings (SSSR count). The summed E-state index contributed by atoms with van der Waals surface area (Å²) < 4.78 is 17.4. The Hall–Kier alpha value is -3.05. The Kier molecular flexibility index (Phi) is 5.28. The summed E-state index contributed by atoms with van der Waals surface area (Å²) in [4.78, 5) is 6.76. The van der Waals surface area contributed by atoms with Crippen molar-refractivity contribution in [3.8, 4) is 23.0 Å². The molecule has 0 amide bonds. The van der Waals surface area contributed by atoms with Gasteiger partial charge in [0.2, 0.25) is 0 Å². The molecule has 1 aromatic heterocycles. The summed E-state index contributed by atoms with van der Waals surface area (Å²) in [6, 6.07) is 19.0. The second kappa shape index (κ2) is 8.36. The highest BCUT2D eigenvalue weighted by molar-refractivity contribution is 5.45. The minimum Gasteiger partial charge on any atom is -0.486 e. The number of aromatic nitrogens is 1. The largest absolute Gasteiger partial charge is 0.486 e. The van der Waals surface area contributed by atoms with Gasteiger partial charge < -0.3 is 14.2 Å². The van der Waals surface area contributed by atoms with Crippen LogP contribution in [0.15, 0.2) is 60.8 Å². The summed E-state index contributed by atoms with van der Waals surface area (Å²) in [5.41, 5.74) is 3.55. The predicted octanol–water partition coefficient (Wildman–Crippen LogP) is 5.29. The van der Waals surface area contributed by atoms with Gasteiger partial charge in [-0.25, -0.2) is 0 Å². The van der Waals surface area contributed by atoms with E-state index in [4.69, 9.17) is 14.2 Å². The molecule has 0 aliphatic carbocycles. The molecule has 0 unspecified atom stereocenters. The second-order valence-corrected chi connectivity index (χ2v) is 7.91. The number of likely N-dealkylation sites (tertiary alicyclic amines) is 1. The third-order valence-corrected chi connectivity index (χ3v) is 5.73. The molecular formula is C25H26N2O3. The predicted molar refractivity (Wildman–Crippen MR) is 115 cm³/mol. The van der Waals surface area contributed by atoms with Crippen molar-refractivity contribution in [1.82, 2.24) is 9.88 Å². The van der Waals surface area contributed by atoms with Crippen molar-refractivity contribution in [3.63, 3.8) is 0 Å². The Labute approximate surface area is 177 Å². The first-order valence-corrected chi connectivity index (χ1v) is 10.6. The molecule has 5 heteroatoms. The van der Waals surface area contributed by atoms with E-state index in [1.54, 1.807) is 6.20 Å². The molecule has 0 bridgehead atoms. The fourth-order valence-electron chi connectivity index (χ4n) is 4.28.